The van der Waals surface area contributed by atoms with Crippen LogP contribution >= 0.6 is 0 Å². The first-order valence-corrected chi connectivity index (χ1v) is 7.04. The van der Waals surface area contributed by atoms with Crippen LogP contribution in [0.1, 0.15) is 26.3 Å². The van der Waals surface area contributed by atoms with E-state index in [9.17, 15) is 19.2 Å². The summed E-state index contributed by atoms with van der Waals surface area (Å²) in [4.78, 5) is 47.9. The fourth-order valence-corrected chi connectivity index (χ4v) is 2.09. The predicted octanol–water partition coefficient (Wildman–Crippen LogP) is -0.422. The fourth-order valence-electron chi connectivity index (χ4n) is 2.09. The fraction of sp³-hybridized carbons (Fsp3) is 0.188. The zero-order chi connectivity index (χ0) is 18.7. The molecule has 0 aliphatic heterocycles. The highest BCUT2D eigenvalue weighted by Gasteiger charge is 2.21. The molecule has 0 saturated heterocycles. The van der Waals surface area contributed by atoms with Gasteiger partial charge in [0.05, 0.1) is 17.2 Å². The third-order valence-electron chi connectivity index (χ3n) is 3.57. The molecule has 0 aliphatic rings. The highest BCUT2D eigenvalue weighted by molar-refractivity contribution is 6.02. The summed E-state index contributed by atoms with van der Waals surface area (Å²) in [6, 6.07) is 7.53. The van der Waals surface area contributed by atoms with Gasteiger partial charge in [-0.3, -0.25) is 18.7 Å². The summed E-state index contributed by atoms with van der Waals surface area (Å²) >= 11 is 0. The number of nitrogen functional groups attached to an aromatic ring is 1. The van der Waals surface area contributed by atoms with Crippen LogP contribution in [0.3, 0.4) is 0 Å². The first-order valence-electron chi connectivity index (χ1n) is 7.04. The molecule has 1 aromatic heterocycles. The number of hydrogen-bond donors (Lipinski definition) is 1. The van der Waals surface area contributed by atoms with Crippen molar-refractivity contribution in [3.63, 3.8) is 0 Å². The number of hydrogen-bond acceptors (Lipinski definition) is 7. The molecule has 2 aromatic rings. The molecule has 0 unspecified atom stereocenters. The van der Waals surface area contributed by atoms with Gasteiger partial charge in [-0.2, -0.15) is 5.26 Å². The minimum Gasteiger partial charge on any atom is -0.454 e. The molecule has 2 N–H and O–H groups in total. The van der Waals surface area contributed by atoms with Crippen molar-refractivity contribution in [1.82, 2.24) is 9.13 Å². The Kier molecular flexibility index (Phi) is 4.84. The average molecular weight is 342 g/mol. The summed E-state index contributed by atoms with van der Waals surface area (Å²) in [5.74, 6) is -1.92. The topological polar surface area (TPSA) is 137 Å². The van der Waals surface area contributed by atoms with Crippen molar-refractivity contribution in [1.29, 1.82) is 5.26 Å². The van der Waals surface area contributed by atoms with E-state index in [2.05, 4.69) is 0 Å². The molecule has 0 bridgehead atoms. The molecule has 0 saturated carbocycles. The number of anilines is 1. The van der Waals surface area contributed by atoms with E-state index in [1.807, 2.05) is 6.07 Å². The first-order chi connectivity index (χ1) is 11.8. The van der Waals surface area contributed by atoms with Crippen molar-refractivity contribution in [2.45, 2.75) is 0 Å². The van der Waals surface area contributed by atoms with E-state index in [0.29, 0.717) is 5.56 Å². The Hall–Kier alpha value is -3.67. The van der Waals surface area contributed by atoms with E-state index in [4.69, 9.17) is 15.7 Å². The Balaban J connectivity index is 2.21. The van der Waals surface area contributed by atoms with Crippen LogP contribution in [0.4, 0.5) is 5.82 Å². The summed E-state index contributed by atoms with van der Waals surface area (Å²) < 4.78 is 6.57. The molecule has 0 atom stereocenters. The van der Waals surface area contributed by atoms with Crippen LogP contribution in [0.25, 0.3) is 0 Å². The van der Waals surface area contributed by atoms with Crippen LogP contribution in [-0.2, 0) is 18.8 Å². The molecule has 0 spiro atoms. The largest absolute Gasteiger partial charge is 0.454 e. The molecule has 0 fully saturated rings. The van der Waals surface area contributed by atoms with Gasteiger partial charge in [0.15, 0.2) is 6.61 Å². The Morgan fingerprint density at radius 3 is 2.32 bits per heavy atom. The number of Topliss-reactive ketones (excluding diaryl/α,β-unsaturated/α-hetero) is 1. The van der Waals surface area contributed by atoms with Gasteiger partial charge >= 0.3 is 11.7 Å². The van der Waals surface area contributed by atoms with Gasteiger partial charge < -0.3 is 10.5 Å². The van der Waals surface area contributed by atoms with Crippen molar-refractivity contribution >= 4 is 17.6 Å². The van der Waals surface area contributed by atoms with Gasteiger partial charge in [-0.1, -0.05) is 0 Å². The van der Waals surface area contributed by atoms with Crippen LogP contribution in [0.2, 0.25) is 0 Å². The zero-order valence-corrected chi connectivity index (χ0v) is 13.5. The van der Waals surface area contributed by atoms with Gasteiger partial charge in [0.2, 0.25) is 5.78 Å². The first kappa shape index (κ1) is 17.7. The van der Waals surface area contributed by atoms with Crippen molar-refractivity contribution in [2.75, 3.05) is 12.3 Å². The van der Waals surface area contributed by atoms with Gasteiger partial charge in [-0.25, -0.2) is 9.59 Å². The second kappa shape index (κ2) is 6.84. The second-order valence-electron chi connectivity index (χ2n) is 5.15. The molecular formula is C16H14N4O5. The lowest BCUT2D eigenvalue weighted by Gasteiger charge is -2.11. The van der Waals surface area contributed by atoms with Crippen molar-refractivity contribution in [3.8, 4) is 6.07 Å². The molecule has 9 heteroatoms. The van der Waals surface area contributed by atoms with E-state index in [0.717, 1.165) is 9.13 Å². The normalized spacial score (nSPS) is 10.1. The molecule has 0 radical (unpaired) electrons. The monoisotopic (exact) mass is 342 g/mol. The molecule has 2 rings (SSSR count). The second-order valence-corrected chi connectivity index (χ2v) is 5.15. The lowest BCUT2D eigenvalue weighted by Crippen LogP contribution is -2.42. The minimum atomic E-state index is -0.861. The van der Waals surface area contributed by atoms with Crippen molar-refractivity contribution in [3.05, 3.63) is 61.8 Å². The molecule has 0 aliphatic carbocycles. The smallest absolute Gasteiger partial charge is 0.338 e. The van der Waals surface area contributed by atoms with Gasteiger partial charge in [0.1, 0.15) is 11.4 Å². The van der Waals surface area contributed by atoms with Crippen LogP contribution in [0.15, 0.2) is 33.9 Å². The highest BCUT2D eigenvalue weighted by atomic mass is 16.5. The maximum Gasteiger partial charge on any atom is 0.338 e. The molecule has 1 aromatic carbocycles. The van der Waals surface area contributed by atoms with E-state index >= 15 is 0 Å². The minimum absolute atomic E-state index is 0.146. The van der Waals surface area contributed by atoms with E-state index in [1.54, 1.807) is 0 Å². The number of ketones is 1. The zero-order valence-electron chi connectivity index (χ0n) is 13.5. The Morgan fingerprint density at radius 1 is 1.16 bits per heavy atom. The molecule has 0 amide bonds. The SMILES string of the molecule is Cn1c(N)c(C(=O)COC(=O)c2ccc(C#N)cc2)c(=O)n(C)c1=O. The maximum atomic E-state index is 12.2. The van der Waals surface area contributed by atoms with E-state index in [1.165, 1.54) is 38.4 Å². The Bertz CT molecular complexity index is 1010. The lowest BCUT2D eigenvalue weighted by molar-refractivity contribution is 0.0474. The number of ether oxygens (including phenoxy) is 1. The van der Waals surface area contributed by atoms with E-state index < -0.39 is 35.2 Å². The average Bonchev–Trinajstić information content (AvgIpc) is 2.63. The van der Waals surface area contributed by atoms with Crippen LogP contribution < -0.4 is 17.0 Å². The number of nitrogens with zero attached hydrogens (tertiary/aromatic N) is 3. The summed E-state index contributed by atoms with van der Waals surface area (Å²) in [5, 5.41) is 8.71. The quantitative estimate of drug-likeness (QED) is 0.588. The standard InChI is InChI=1S/C16H14N4O5/c1-19-13(18)12(14(22)20(2)16(19)24)11(21)8-25-15(23)10-5-3-9(7-17)4-6-10/h3-6H,8,18H2,1-2H3. The Morgan fingerprint density at radius 2 is 1.76 bits per heavy atom. The number of rotatable bonds is 4. The number of benzene rings is 1. The number of nitrogens with two attached hydrogens (primary N) is 1. The van der Waals surface area contributed by atoms with Gasteiger partial charge in [-0.15, -0.1) is 0 Å². The van der Waals surface area contributed by atoms with Gasteiger partial charge in [0.25, 0.3) is 5.56 Å². The van der Waals surface area contributed by atoms with Crippen LogP contribution in [0.5, 0.6) is 0 Å². The van der Waals surface area contributed by atoms with Crippen LogP contribution in [0, 0.1) is 11.3 Å². The van der Waals surface area contributed by atoms with Crippen LogP contribution in [-0.4, -0.2) is 27.5 Å². The number of carbonyl (C=O) groups is 2. The lowest BCUT2D eigenvalue weighted by atomic mass is 10.1. The van der Waals surface area contributed by atoms with Gasteiger partial charge in [0, 0.05) is 14.1 Å². The predicted molar refractivity (Wildman–Crippen MR) is 87.1 cm³/mol. The molecule has 25 heavy (non-hydrogen) atoms. The number of carbonyl (C=O) groups excluding carboxylic acids is 2. The molecule has 9 nitrogen and oxygen atoms in total. The highest BCUT2D eigenvalue weighted by Crippen LogP contribution is 2.07. The summed E-state index contributed by atoms with van der Waals surface area (Å²) in [6.07, 6.45) is 0. The maximum absolute atomic E-state index is 12.2. The third-order valence-corrected chi connectivity index (χ3v) is 3.57. The number of esters is 1. The van der Waals surface area contributed by atoms with E-state index in [-0.39, 0.29) is 11.4 Å². The third kappa shape index (κ3) is 3.32. The molecule has 1 heterocycles. The Labute approximate surface area is 141 Å². The molecular weight excluding hydrogens is 328 g/mol. The number of nitriles is 1. The summed E-state index contributed by atoms with van der Waals surface area (Å²) in [6.45, 7) is -0.712. The van der Waals surface area contributed by atoms with Crippen molar-refractivity contribution in [2.24, 2.45) is 14.1 Å². The van der Waals surface area contributed by atoms with Gasteiger partial charge in [-0.05, 0) is 24.3 Å². The number of aromatic nitrogens is 2. The summed E-state index contributed by atoms with van der Waals surface area (Å²) in [5.41, 5.74) is 4.22. The summed E-state index contributed by atoms with van der Waals surface area (Å²) in [7, 11) is 2.53. The van der Waals surface area contributed by atoms with Crippen molar-refractivity contribution < 1.29 is 14.3 Å². The molecule has 128 valence electrons.